The second kappa shape index (κ2) is 7.41. The number of carbonyl (C=O) groups excluding carboxylic acids is 1. The summed E-state index contributed by atoms with van der Waals surface area (Å²) in [6.45, 7) is 4.10. The van der Waals surface area contributed by atoms with Gasteiger partial charge in [0.15, 0.2) is 0 Å². The highest BCUT2D eigenvalue weighted by Crippen LogP contribution is 2.13. The number of rotatable bonds is 8. The number of hydrogen-bond acceptors (Lipinski definition) is 3. The van der Waals surface area contributed by atoms with E-state index in [0.717, 1.165) is 13.1 Å². The molecule has 1 rings (SSSR count). The van der Waals surface area contributed by atoms with Gasteiger partial charge in [0.25, 0.3) is 0 Å². The fourth-order valence-corrected chi connectivity index (χ4v) is 2.33. The van der Waals surface area contributed by atoms with Crippen LogP contribution in [0.3, 0.4) is 0 Å². The molecule has 16 heavy (non-hydrogen) atoms. The molecule has 0 aliphatic rings. The molecular formula is C12H20N2OS. The lowest BCUT2D eigenvalue weighted by molar-refractivity contribution is 0.100. The summed E-state index contributed by atoms with van der Waals surface area (Å²) in [5, 5.41) is 5.19. The van der Waals surface area contributed by atoms with E-state index in [1.54, 1.807) is 11.3 Å². The summed E-state index contributed by atoms with van der Waals surface area (Å²) in [5.74, 6) is -0.342. The number of carbonyl (C=O) groups is 1. The summed E-state index contributed by atoms with van der Waals surface area (Å²) in [7, 11) is 0. The minimum absolute atomic E-state index is 0.342. The molecule has 1 aromatic heterocycles. The zero-order chi connectivity index (χ0) is 11.8. The normalized spacial score (nSPS) is 10.6. The van der Waals surface area contributed by atoms with Gasteiger partial charge in [-0.05, 0) is 19.0 Å². The van der Waals surface area contributed by atoms with Crippen LogP contribution >= 0.6 is 11.3 Å². The maximum atomic E-state index is 10.9. The van der Waals surface area contributed by atoms with Gasteiger partial charge in [-0.15, -0.1) is 11.3 Å². The van der Waals surface area contributed by atoms with Crippen LogP contribution < -0.4 is 11.1 Å². The molecule has 0 saturated heterocycles. The second-order valence-corrected chi connectivity index (χ2v) is 4.90. The van der Waals surface area contributed by atoms with E-state index in [1.165, 1.54) is 30.6 Å². The molecule has 4 heteroatoms. The maximum Gasteiger partial charge on any atom is 0.249 e. The van der Waals surface area contributed by atoms with Crippen LogP contribution in [-0.2, 0) is 6.54 Å². The van der Waals surface area contributed by atoms with Crippen LogP contribution in [-0.4, -0.2) is 12.5 Å². The van der Waals surface area contributed by atoms with E-state index in [0.29, 0.717) is 5.56 Å². The Balaban J connectivity index is 2.14. The lowest BCUT2D eigenvalue weighted by Gasteiger charge is -2.02. The summed E-state index contributed by atoms with van der Waals surface area (Å²) in [4.78, 5) is 12.0. The maximum absolute atomic E-state index is 10.9. The van der Waals surface area contributed by atoms with Crippen LogP contribution in [0.1, 0.15) is 47.8 Å². The molecule has 0 aliphatic carbocycles. The number of nitrogens with two attached hydrogens (primary N) is 1. The van der Waals surface area contributed by atoms with E-state index in [-0.39, 0.29) is 5.91 Å². The van der Waals surface area contributed by atoms with Crippen molar-refractivity contribution in [1.82, 2.24) is 5.32 Å². The number of thiophene rings is 1. The van der Waals surface area contributed by atoms with Gasteiger partial charge in [-0.3, -0.25) is 4.79 Å². The molecule has 0 bridgehead atoms. The zero-order valence-electron chi connectivity index (χ0n) is 9.79. The Labute approximate surface area is 101 Å². The molecule has 0 spiro atoms. The third-order valence-electron chi connectivity index (χ3n) is 2.44. The van der Waals surface area contributed by atoms with Gasteiger partial charge in [-0.2, -0.15) is 0 Å². The van der Waals surface area contributed by atoms with E-state index in [9.17, 15) is 4.79 Å². The SMILES string of the molecule is CCCCCCNCc1cc(C(N)=O)cs1. The Hall–Kier alpha value is -0.870. The predicted molar refractivity (Wildman–Crippen MR) is 68.7 cm³/mol. The number of unbranched alkanes of at least 4 members (excludes halogenated alkanes) is 3. The third kappa shape index (κ3) is 4.77. The number of primary amides is 1. The number of amides is 1. The van der Waals surface area contributed by atoms with Crippen molar-refractivity contribution in [3.8, 4) is 0 Å². The molecule has 0 aromatic carbocycles. The lowest BCUT2D eigenvalue weighted by atomic mass is 10.2. The summed E-state index contributed by atoms with van der Waals surface area (Å²) in [6, 6.07) is 1.87. The van der Waals surface area contributed by atoms with Gasteiger partial charge < -0.3 is 11.1 Å². The fourth-order valence-electron chi connectivity index (χ4n) is 1.49. The summed E-state index contributed by atoms with van der Waals surface area (Å²) in [5.41, 5.74) is 5.80. The summed E-state index contributed by atoms with van der Waals surface area (Å²) in [6.07, 6.45) is 5.10. The molecular weight excluding hydrogens is 220 g/mol. The Morgan fingerprint density at radius 3 is 2.88 bits per heavy atom. The number of nitrogens with one attached hydrogen (secondary N) is 1. The van der Waals surface area contributed by atoms with E-state index in [4.69, 9.17) is 5.73 Å². The standard InChI is InChI=1S/C12H20N2OS/c1-2-3-4-5-6-14-8-11-7-10(9-16-11)12(13)15/h7,9,14H,2-6,8H2,1H3,(H2,13,15). The van der Waals surface area contributed by atoms with Gasteiger partial charge in [0.05, 0.1) is 5.56 Å². The molecule has 90 valence electrons. The molecule has 3 nitrogen and oxygen atoms in total. The van der Waals surface area contributed by atoms with Crippen molar-refractivity contribution in [2.45, 2.75) is 39.2 Å². The average Bonchev–Trinajstić information content (AvgIpc) is 2.72. The van der Waals surface area contributed by atoms with Gasteiger partial charge in [-0.1, -0.05) is 26.2 Å². The van der Waals surface area contributed by atoms with Crippen LogP contribution in [0.5, 0.6) is 0 Å². The van der Waals surface area contributed by atoms with Crippen molar-refractivity contribution in [2.24, 2.45) is 5.73 Å². The smallest absolute Gasteiger partial charge is 0.249 e. The first-order valence-corrected chi connectivity index (χ1v) is 6.70. The monoisotopic (exact) mass is 240 g/mol. The Kier molecular flexibility index (Phi) is 6.11. The third-order valence-corrected chi connectivity index (χ3v) is 3.38. The topological polar surface area (TPSA) is 55.1 Å². The van der Waals surface area contributed by atoms with E-state index in [1.807, 2.05) is 11.4 Å². The molecule has 1 aromatic rings. The predicted octanol–water partition coefficient (Wildman–Crippen LogP) is 2.52. The summed E-state index contributed by atoms with van der Waals surface area (Å²) >= 11 is 1.58. The highest BCUT2D eigenvalue weighted by molar-refractivity contribution is 7.10. The van der Waals surface area contributed by atoms with Crippen molar-refractivity contribution in [1.29, 1.82) is 0 Å². The van der Waals surface area contributed by atoms with Crippen LogP contribution in [0.2, 0.25) is 0 Å². The van der Waals surface area contributed by atoms with E-state index >= 15 is 0 Å². The molecule has 0 aliphatic heterocycles. The van der Waals surface area contributed by atoms with Crippen molar-refractivity contribution in [3.63, 3.8) is 0 Å². The Morgan fingerprint density at radius 1 is 1.44 bits per heavy atom. The second-order valence-electron chi connectivity index (χ2n) is 3.90. The van der Waals surface area contributed by atoms with Crippen LogP contribution in [0.4, 0.5) is 0 Å². The van der Waals surface area contributed by atoms with Gasteiger partial charge in [0, 0.05) is 16.8 Å². The molecule has 0 fully saturated rings. The first-order valence-electron chi connectivity index (χ1n) is 5.82. The first kappa shape index (κ1) is 13.2. The lowest BCUT2D eigenvalue weighted by Crippen LogP contribution is -2.14. The highest BCUT2D eigenvalue weighted by Gasteiger charge is 2.03. The first-order chi connectivity index (χ1) is 7.74. The largest absolute Gasteiger partial charge is 0.366 e. The van der Waals surface area contributed by atoms with Crippen molar-refractivity contribution >= 4 is 17.2 Å². The molecule has 0 saturated carbocycles. The fraction of sp³-hybridized carbons (Fsp3) is 0.583. The van der Waals surface area contributed by atoms with E-state index < -0.39 is 0 Å². The van der Waals surface area contributed by atoms with Gasteiger partial charge in [0.2, 0.25) is 5.91 Å². The molecule has 0 atom stereocenters. The van der Waals surface area contributed by atoms with Gasteiger partial charge in [-0.25, -0.2) is 0 Å². The van der Waals surface area contributed by atoms with Crippen LogP contribution in [0.25, 0.3) is 0 Å². The van der Waals surface area contributed by atoms with Crippen LogP contribution in [0, 0.1) is 0 Å². The molecule has 1 heterocycles. The average molecular weight is 240 g/mol. The molecule has 0 unspecified atom stereocenters. The highest BCUT2D eigenvalue weighted by atomic mass is 32.1. The Bertz CT molecular complexity index is 323. The number of hydrogen-bond donors (Lipinski definition) is 2. The van der Waals surface area contributed by atoms with Crippen molar-refractivity contribution in [3.05, 3.63) is 21.9 Å². The summed E-state index contributed by atoms with van der Waals surface area (Å²) < 4.78 is 0. The van der Waals surface area contributed by atoms with Crippen LogP contribution in [0.15, 0.2) is 11.4 Å². The van der Waals surface area contributed by atoms with Gasteiger partial charge >= 0.3 is 0 Å². The van der Waals surface area contributed by atoms with E-state index in [2.05, 4.69) is 12.2 Å². The molecule has 1 amide bonds. The zero-order valence-corrected chi connectivity index (χ0v) is 10.6. The minimum atomic E-state index is -0.342. The Morgan fingerprint density at radius 2 is 2.25 bits per heavy atom. The minimum Gasteiger partial charge on any atom is -0.366 e. The van der Waals surface area contributed by atoms with Crippen molar-refractivity contribution < 1.29 is 4.79 Å². The quantitative estimate of drug-likeness (QED) is 0.686. The molecule has 3 N–H and O–H groups in total. The molecule has 0 radical (unpaired) electrons. The van der Waals surface area contributed by atoms with Crippen molar-refractivity contribution in [2.75, 3.05) is 6.54 Å². The van der Waals surface area contributed by atoms with Gasteiger partial charge in [0.1, 0.15) is 0 Å².